The van der Waals surface area contributed by atoms with E-state index in [9.17, 15) is 13.2 Å². The van der Waals surface area contributed by atoms with Crippen LogP contribution in [-0.2, 0) is 15.6 Å². The van der Waals surface area contributed by atoms with Gasteiger partial charge in [0.25, 0.3) is 5.91 Å². The Bertz CT molecular complexity index is 1140. The molecule has 0 saturated carbocycles. The second kappa shape index (κ2) is 7.65. The lowest BCUT2D eigenvalue weighted by atomic mass is 10.0. The van der Waals surface area contributed by atoms with Crippen molar-refractivity contribution in [3.8, 4) is 0 Å². The number of fused-ring (bicyclic) bond motifs is 1. The topological polar surface area (TPSA) is 70.8 Å². The number of nitrogens with zero attached hydrogens (tertiary/aromatic N) is 2. The van der Waals surface area contributed by atoms with Gasteiger partial charge in [0, 0.05) is 36.8 Å². The third kappa shape index (κ3) is 4.06. The van der Waals surface area contributed by atoms with Crippen molar-refractivity contribution in [1.82, 2.24) is 9.80 Å². The summed E-state index contributed by atoms with van der Waals surface area (Å²) in [5.41, 5.74) is 2.02. The van der Waals surface area contributed by atoms with E-state index in [0.717, 1.165) is 12.1 Å². The van der Waals surface area contributed by atoms with Gasteiger partial charge < -0.3 is 14.2 Å². The van der Waals surface area contributed by atoms with Crippen LogP contribution in [0.3, 0.4) is 0 Å². The molecule has 1 unspecified atom stereocenters. The molecule has 2 aromatic carbocycles. The monoisotopic (exact) mass is 412 g/mol. The van der Waals surface area contributed by atoms with Crippen LogP contribution in [0.2, 0.25) is 0 Å². The number of para-hydroxylation sites is 1. The summed E-state index contributed by atoms with van der Waals surface area (Å²) >= 11 is 0. The zero-order valence-electron chi connectivity index (χ0n) is 16.5. The highest BCUT2D eigenvalue weighted by Crippen LogP contribution is 2.32. The summed E-state index contributed by atoms with van der Waals surface area (Å²) in [6.07, 6.45) is 1.17. The highest BCUT2D eigenvalue weighted by molar-refractivity contribution is 7.89. The first kappa shape index (κ1) is 19.7. The minimum absolute atomic E-state index is 0.123. The lowest BCUT2D eigenvalue weighted by Gasteiger charge is -2.40. The van der Waals surface area contributed by atoms with Crippen LogP contribution in [0.4, 0.5) is 0 Å². The van der Waals surface area contributed by atoms with Crippen LogP contribution in [0, 0.1) is 0 Å². The van der Waals surface area contributed by atoms with E-state index in [-0.39, 0.29) is 23.5 Å². The molecule has 1 fully saturated rings. The number of rotatable bonds is 4. The van der Waals surface area contributed by atoms with Gasteiger partial charge in [0.05, 0.1) is 11.8 Å². The zero-order chi connectivity index (χ0) is 20.6. The molecule has 1 atom stereocenters. The number of hydrogen-bond donors (Lipinski definition) is 0. The van der Waals surface area contributed by atoms with E-state index in [1.807, 2.05) is 49.5 Å². The van der Waals surface area contributed by atoms with E-state index in [4.69, 9.17) is 4.42 Å². The Morgan fingerprint density at radius 1 is 1.07 bits per heavy atom. The molecule has 29 heavy (non-hydrogen) atoms. The summed E-state index contributed by atoms with van der Waals surface area (Å²) in [6, 6.07) is 17.0. The molecule has 0 radical (unpaired) electrons. The number of likely N-dealkylation sites (N-methyl/N-ethyl adjacent to an activating group) is 1. The van der Waals surface area contributed by atoms with E-state index in [1.165, 1.54) is 6.26 Å². The molecule has 152 valence electrons. The molecule has 6 nitrogen and oxygen atoms in total. The zero-order valence-corrected chi connectivity index (χ0v) is 17.4. The van der Waals surface area contributed by atoms with Crippen LogP contribution < -0.4 is 0 Å². The number of furan rings is 1. The molecule has 7 heteroatoms. The van der Waals surface area contributed by atoms with E-state index < -0.39 is 9.84 Å². The summed E-state index contributed by atoms with van der Waals surface area (Å²) in [7, 11) is -1.30. The quantitative estimate of drug-likeness (QED) is 0.659. The smallest absolute Gasteiger partial charge is 0.290 e. The Morgan fingerprint density at radius 3 is 2.48 bits per heavy atom. The van der Waals surface area contributed by atoms with Crippen molar-refractivity contribution in [3.05, 3.63) is 71.5 Å². The number of hydrogen-bond acceptors (Lipinski definition) is 5. The number of benzene rings is 2. The first-order valence-corrected chi connectivity index (χ1v) is 11.6. The van der Waals surface area contributed by atoms with Gasteiger partial charge in [0.15, 0.2) is 15.6 Å². The van der Waals surface area contributed by atoms with Crippen LogP contribution in [-0.4, -0.2) is 57.1 Å². The fraction of sp³-hybridized carbons (Fsp3) is 0.318. The van der Waals surface area contributed by atoms with Crippen LogP contribution in [0.25, 0.3) is 11.0 Å². The number of carbonyl (C=O) groups excluding carboxylic acids is 1. The second-order valence-corrected chi connectivity index (χ2v) is 9.80. The normalized spacial score (nSPS) is 18.3. The van der Waals surface area contributed by atoms with Gasteiger partial charge in [-0.25, -0.2) is 8.42 Å². The first-order valence-electron chi connectivity index (χ1n) is 9.56. The molecule has 1 aliphatic heterocycles. The summed E-state index contributed by atoms with van der Waals surface area (Å²) < 4.78 is 30.0. The summed E-state index contributed by atoms with van der Waals surface area (Å²) in [5.74, 6) is -0.363. The maximum absolute atomic E-state index is 13.6. The van der Waals surface area contributed by atoms with Gasteiger partial charge in [0.2, 0.25) is 0 Å². The minimum atomic E-state index is -3.34. The van der Waals surface area contributed by atoms with Crippen LogP contribution in [0.15, 0.2) is 59.0 Å². The fourth-order valence-electron chi connectivity index (χ4n) is 3.93. The van der Waals surface area contributed by atoms with Crippen molar-refractivity contribution in [2.75, 3.05) is 32.9 Å². The molecule has 1 amide bonds. The van der Waals surface area contributed by atoms with Crippen molar-refractivity contribution >= 4 is 26.7 Å². The summed E-state index contributed by atoms with van der Waals surface area (Å²) in [5, 5.41) is 0.673. The minimum Gasteiger partial charge on any atom is -0.451 e. The van der Waals surface area contributed by atoms with Crippen molar-refractivity contribution in [2.24, 2.45) is 0 Å². The maximum atomic E-state index is 13.6. The predicted octanol–water partition coefficient (Wildman–Crippen LogP) is 3.11. The molecule has 0 bridgehead atoms. The van der Waals surface area contributed by atoms with Gasteiger partial charge >= 0.3 is 0 Å². The van der Waals surface area contributed by atoms with Gasteiger partial charge in [-0.05, 0) is 18.7 Å². The molecule has 0 aliphatic carbocycles. The van der Waals surface area contributed by atoms with E-state index in [1.54, 1.807) is 17.0 Å². The van der Waals surface area contributed by atoms with Crippen molar-refractivity contribution in [3.63, 3.8) is 0 Å². The Morgan fingerprint density at radius 2 is 1.76 bits per heavy atom. The third-order valence-electron chi connectivity index (χ3n) is 5.33. The SMILES string of the molecule is CN1CCN(C(=O)c2oc3ccccc3c2CS(C)(=O)=O)C(c2ccccc2)C1. The van der Waals surface area contributed by atoms with E-state index >= 15 is 0 Å². The Labute approximate surface area is 170 Å². The molecule has 3 aromatic rings. The highest BCUT2D eigenvalue weighted by atomic mass is 32.2. The van der Waals surface area contributed by atoms with Crippen LogP contribution in [0.5, 0.6) is 0 Å². The lowest BCUT2D eigenvalue weighted by Crippen LogP contribution is -2.49. The number of piperazine rings is 1. The van der Waals surface area contributed by atoms with Gasteiger partial charge in [-0.2, -0.15) is 0 Å². The average Bonchev–Trinajstić information content (AvgIpc) is 3.05. The highest BCUT2D eigenvalue weighted by Gasteiger charge is 2.34. The molecule has 0 N–H and O–H groups in total. The number of sulfone groups is 1. The standard InChI is InChI=1S/C22H24N2O4S/c1-23-12-13-24(19(14-23)16-8-4-3-5-9-16)22(25)21-18(15-29(2,26)27)17-10-6-7-11-20(17)28-21/h3-11,19H,12-15H2,1-2H3. The largest absolute Gasteiger partial charge is 0.451 e. The summed E-state index contributed by atoms with van der Waals surface area (Å²) in [4.78, 5) is 17.6. The summed E-state index contributed by atoms with van der Waals surface area (Å²) in [6.45, 7) is 2.00. The van der Waals surface area contributed by atoms with E-state index in [2.05, 4.69) is 4.90 Å². The molecule has 1 saturated heterocycles. The average molecular weight is 413 g/mol. The third-order valence-corrected chi connectivity index (χ3v) is 6.14. The molecular weight excluding hydrogens is 388 g/mol. The molecule has 0 spiro atoms. The number of amides is 1. The van der Waals surface area contributed by atoms with Gasteiger partial charge in [-0.1, -0.05) is 48.5 Å². The molecule has 1 aliphatic rings. The van der Waals surface area contributed by atoms with Crippen molar-refractivity contribution in [1.29, 1.82) is 0 Å². The van der Waals surface area contributed by atoms with Gasteiger partial charge in [-0.15, -0.1) is 0 Å². The first-order chi connectivity index (χ1) is 13.8. The Hall–Kier alpha value is -2.64. The predicted molar refractivity (Wildman–Crippen MR) is 112 cm³/mol. The maximum Gasteiger partial charge on any atom is 0.290 e. The Balaban J connectivity index is 1.78. The van der Waals surface area contributed by atoms with Crippen molar-refractivity contribution < 1.29 is 17.6 Å². The number of carbonyl (C=O) groups is 1. The molecular formula is C22H24N2O4S. The van der Waals surface area contributed by atoms with Gasteiger partial charge in [0.1, 0.15) is 5.58 Å². The van der Waals surface area contributed by atoms with E-state index in [0.29, 0.717) is 29.6 Å². The molecule has 1 aromatic heterocycles. The van der Waals surface area contributed by atoms with Crippen molar-refractivity contribution in [2.45, 2.75) is 11.8 Å². The molecule has 2 heterocycles. The Kier molecular flexibility index (Phi) is 5.19. The molecule has 4 rings (SSSR count). The second-order valence-electron chi connectivity index (χ2n) is 7.66. The fourth-order valence-corrected chi connectivity index (χ4v) is 4.74. The lowest BCUT2D eigenvalue weighted by molar-refractivity contribution is 0.0469. The van der Waals surface area contributed by atoms with Gasteiger partial charge in [-0.3, -0.25) is 4.79 Å². The van der Waals surface area contributed by atoms with Crippen LogP contribution >= 0.6 is 0 Å². The van der Waals surface area contributed by atoms with Crippen LogP contribution in [0.1, 0.15) is 27.7 Å².